The van der Waals surface area contributed by atoms with Crippen molar-refractivity contribution < 1.29 is 34.4 Å². The van der Waals surface area contributed by atoms with Crippen LogP contribution in [0.4, 0.5) is 0 Å². The van der Waals surface area contributed by atoms with Crippen LogP contribution in [-0.2, 0) is 24.2 Å². The van der Waals surface area contributed by atoms with Crippen LogP contribution in [0.25, 0.3) is 0 Å². The van der Waals surface area contributed by atoms with Gasteiger partial charge in [-0.05, 0) is 12.8 Å². The maximum atomic E-state index is 12.6. The van der Waals surface area contributed by atoms with E-state index in [4.69, 9.17) is 9.78 Å². The van der Waals surface area contributed by atoms with E-state index < -0.39 is 36.4 Å². The molecule has 2 N–H and O–H groups in total. The second-order valence-electron chi connectivity index (χ2n) is 13.6. The molecule has 0 aromatic rings. The summed E-state index contributed by atoms with van der Waals surface area (Å²) in [6.07, 6.45) is 34.0. The summed E-state index contributed by atoms with van der Waals surface area (Å²) in [7, 11) is 0. The van der Waals surface area contributed by atoms with Gasteiger partial charge in [0.25, 0.3) is 0 Å². The number of aliphatic hydroxyl groups excluding tert-OH is 2. The smallest absolute Gasteiger partial charge is 0.366 e. The minimum absolute atomic E-state index is 0.155. The number of carbonyl (C=O) groups is 3. The van der Waals surface area contributed by atoms with Crippen molar-refractivity contribution >= 4 is 17.7 Å². The van der Waals surface area contributed by atoms with E-state index in [2.05, 4.69) is 13.8 Å². The third-order valence-corrected chi connectivity index (χ3v) is 9.18. The zero-order valence-corrected chi connectivity index (χ0v) is 30.2. The van der Waals surface area contributed by atoms with Crippen LogP contribution in [0.15, 0.2) is 0 Å². The van der Waals surface area contributed by atoms with Gasteiger partial charge in [-0.2, -0.15) is 0 Å². The van der Waals surface area contributed by atoms with Crippen molar-refractivity contribution in [3.8, 4) is 0 Å². The van der Waals surface area contributed by atoms with E-state index in [1.165, 1.54) is 135 Å². The molecule has 0 aromatic heterocycles. The first-order chi connectivity index (χ1) is 22.5. The van der Waals surface area contributed by atoms with Gasteiger partial charge < -0.3 is 10.2 Å². The fourth-order valence-corrected chi connectivity index (χ4v) is 6.07. The Morgan fingerprint density at radius 2 is 0.804 bits per heavy atom. The van der Waals surface area contributed by atoms with Crippen LogP contribution in [0.5, 0.6) is 0 Å². The highest BCUT2D eigenvalue weighted by Gasteiger charge is 2.33. The van der Waals surface area contributed by atoms with Crippen LogP contribution in [0.2, 0.25) is 0 Å². The molecule has 0 aromatic carbocycles. The monoisotopic (exact) mass is 655 g/mol. The van der Waals surface area contributed by atoms with Gasteiger partial charge in [0, 0.05) is 0 Å². The standard InChI is InChI=1S/C39H74O7/c1-3-5-7-9-11-13-15-17-19-21-23-25-27-29-31-33-37(42)45-46-39(44)35(38(43)36(41)34-40)32-30-28-26-24-22-20-18-16-14-12-10-8-6-4-2/h35-36,40-41H,3-34H2,1-2H3. The lowest BCUT2D eigenvalue weighted by Crippen LogP contribution is -2.36. The number of unbranched alkanes of at least 4 members (excludes halogenated alkanes) is 27. The highest BCUT2D eigenvalue weighted by atomic mass is 17.2. The Labute approximate surface area is 283 Å². The lowest BCUT2D eigenvalue weighted by atomic mass is 9.93. The van der Waals surface area contributed by atoms with Gasteiger partial charge in [-0.3, -0.25) is 4.79 Å². The number of Topliss-reactive ketones (excluding diaryl/α,β-unsaturated/α-hetero) is 1. The largest absolute Gasteiger partial charge is 0.393 e. The molecule has 0 spiro atoms. The van der Waals surface area contributed by atoms with Gasteiger partial charge in [0.1, 0.15) is 12.0 Å². The number of aliphatic hydroxyl groups is 2. The van der Waals surface area contributed by atoms with E-state index in [-0.39, 0.29) is 12.8 Å². The van der Waals surface area contributed by atoms with Gasteiger partial charge in [0.05, 0.1) is 13.0 Å². The summed E-state index contributed by atoms with van der Waals surface area (Å²) in [5.74, 6) is -3.65. The number of hydrogen-bond acceptors (Lipinski definition) is 7. The molecule has 0 saturated carbocycles. The minimum atomic E-state index is -1.65. The van der Waals surface area contributed by atoms with Crippen LogP contribution in [0.1, 0.15) is 213 Å². The Bertz CT molecular complexity index is 696. The fraction of sp³-hybridized carbons (Fsp3) is 0.923. The fourth-order valence-electron chi connectivity index (χ4n) is 6.07. The number of ketones is 1. The Hall–Kier alpha value is -1.47. The van der Waals surface area contributed by atoms with Crippen molar-refractivity contribution in [1.82, 2.24) is 0 Å². The maximum absolute atomic E-state index is 12.6. The minimum Gasteiger partial charge on any atom is -0.393 e. The molecule has 0 bridgehead atoms. The number of carbonyl (C=O) groups excluding carboxylic acids is 3. The Morgan fingerprint density at radius 1 is 0.478 bits per heavy atom. The Balaban J connectivity index is 3.94. The van der Waals surface area contributed by atoms with Crippen molar-refractivity contribution in [2.45, 2.75) is 219 Å². The zero-order valence-electron chi connectivity index (χ0n) is 30.2. The molecule has 0 heterocycles. The summed E-state index contributed by atoms with van der Waals surface area (Å²) in [6, 6.07) is 0. The van der Waals surface area contributed by atoms with Crippen LogP contribution in [0.3, 0.4) is 0 Å². The molecular weight excluding hydrogens is 580 g/mol. The summed E-state index contributed by atoms with van der Waals surface area (Å²) < 4.78 is 0. The first-order valence-corrected chi connectivity index (χ1v) is 19.7. The predicted molar refractivity (Wildman–Crippen MR) is 188 cm³/mol. The van der Waals surface area contributed by atoms with E-state index in [0.29, 0.717) is 12.8 Å². The molecule has 46 heavy (non-hydrogen) atoms. The molecule has 0 aliphatic carbocycles. The molecule has 0 rings (SSSR count). The summed E-state index contributed by atoms with van der Waals surface area (Å²) in [5, 5.41) is 19.0. The van der Waals surface area contributed by atoms with E-state index in [9.17, 15) is 24.6 Å². The molecule has 0 saturated heterocycles. The number of rotatable bonds is 35. The van der Waals surface area contributed by atoms with E-state index in [1.807, 2.05) is 0 Å². The third kappa shape index (κ3) is 28.7. The molecule has 0 radical (unpaired) electrons. The van der Waals surface area contributed by atoms with Crippen molar-refractivity contribution in [2.75, 3.05) is 6.61 Å². The van der Waals surface area contributed by atoms with Crippen LogP contribution in [-0.4, -0.2) is 40.6 Å². The van der Waals surface area contributed by atoms with Crippen LogP contribution in [0, 0.1) is 5.92 Å². The summed E-state index contributed by atoms with van der Waals surface area (Å²) in [6.45, 7) is 3.74. The SMILES string of the molecule is CCCCCCCCCCCCCCCCCC(=O)OOC(=O)C(CCCCCCCCCCCCCCCC)C(=O)C(O)CO. The molecule has 272 valence electrons. The first-order valence-electron chi connectivity index (χ1n) is 19.7. The molecule has 0 amide bonds. The average molecular weight is 655 g/mol. The maximum Gasteiger partial charge on any atom is 0.366 e. The van der Waals surface area contributed by atoms with Crippen molar-refractivity contribution in [1.29, 1.82) is 0 Å². The number of hydrogen-bond donors (Lipinski definition) is 2. The highest BCUT2D eigenvalue weighted by Crippen LogP contribution is 2.19. The predicted octanol–water partition coefficient (Wildman–Crippen LogP) is 10.7. The lowest BCUT2D eigenvalue weighted by Gasteiger charge is -2.16. The van der Waals surface area contributed by atoms with Gasteiger partial charge >= 0.3 is 11.9 Å². The van der Waals surface area contributed by atoms with Gasteiger partial charge in [-0.1, -0.05) is 194 Å². The third-order valence-electron chi connectivity index (χ3n) is 9.18. The Kier molecular flexibility index (Phi) is 33.7. The Morgan fingerprint density at radius 3 is 1.15 bits per heavy atom. The van der Waals surface area contributed by atoms with Gasteiger partial charge in [-0.25, -0.2) is 19.4 Å². The first kappa shape index (κ1) is 44.5. The zero-order chi connectivity index (χ0) is 33.9. The van der Waals surface area contributed by atoms with Gasteiger partial charge in [-0.15, -0.1) is 0 Å². The normalized spacial score (nSPS) is 12.6. The van der Waals surface area contributed by atoms with Gasteiger partial charge in [0.2, 0.25) is 0 Å². The summed E-state index contributed by atoms with van der Waals surface area (Å²) >= 11 is 0. The van der Waals surface area contributed by atoms with E-state index in [1.54, 1.807) is 0 Å². The van der Waals surface area contributed by atoms with E-state index >= 15 is 0 Å². The second kappa shape index (κ2) is 34.9. The van der Waals surface area contributed by atoms with E-state index in [0.717, 1.165) is 38.5 Å². The quantitative estimate of drug-likeness (QED) is 0.0303. The summed E-state index contributed by atoms with van der Waals surface area (Å²) in [5.41, 5.74) is 0. The molecule has 0 fully saturated rings. The molecule has 2 unspecified atom stereocenters. The topological polar surface area (TPSA) is 110 Å². The molecular formula is C39H74O7. The lowest BCUT2D eigenvalue weighted by molar-refractivity contribution is -0.262. The molecule has 0 aliphatic heterocycles. The van der Waals surface area contributed by atoms with Crippen LogP contribution < -0.4 is 0 Å². The second-order valence-corrected chi connectivity index (χ2v) is 13.6. The molecule has 7 nitrogen and oxygen atoms in total. The molecule has 7 heteroatoms. The summed E-state index contributed by atoms with van der Waals surface area (Å²) in [4.78, 5) is 46.6. The van der Waals surface area contributed by atoms with Crippen molar-refractivity contribution in [2.24, 2.45) is 5.92 Å². The van der Waals surface area contributed by atoms with Gasteiger partial charge in [0.15, 0.2) is 5.78 Å². The molecule has 2 atom stereocenters. The average Bonchev–Trinajstić information content (AvgIpc) is 3.06. The van der Waals surface area contributed by atoms with Crippen molar-refractivity contribution in [3.05, 3.63) is 0 Å². The molecule has 0 aliphatic rings. The van der Waals surface area contributed by atoms with Crippen LogP contribution >= 0.6 is 0 Å². The highest BCUT2D eigenvalue weighted by molar-refractivity contribution is 6.01. The van der Waals surface area contributed by atoms with Crippen molar-refractivity contribution in [3.63, 3.8) is 0 Å².